The topological polar surface area (TPSA) is 123 Å². The maximum atomic E-state index is 11.1. The third-order valence-corrected chi connectivity index (χ3v) is 11.3. The second-order valence-corrected chi connectivity index (χ2v) is 17.2. The van der Waals surface area contributed by atoms with Gasteiger partial charge in [0.2, 0.25) is 0 Å². The van der Waals surface area contributed by atoms with Gasteiger partial charge in [0.15, 0.2) is 0 Å². The van der Waals surface area contributed by atoms with E-state index in [1.54, 1.807) is 12.1 Å². The van der Waals surface area contributed by atoms with Gasteiger partial charge in [-0.25, -0.2) is 0 Å². The van der Waals surface area contributed by atoms with Crippen LogP contribution in [-0.2, 0) is 31.9 Å². The van der Waals surface area contributed by atoms with Crippen LogP contribution in [0.2, 0.25) is 0 Å². The van der Waals surface area contributed by atoms with Crippen LogP contribution in [0.15, 0.2) is 42.5 Å². The van der Waals surface area contributed by atoms with E-state index in [0.717, 1.165) is 54.9 Å². The Morgan fingerprint density at radius 3 is 1.94 bits per heavy atom. The second-order valence-electron chi connectivity index (χ2n) is 17.2. The molecule has 1 aliphatic heterocycles. The third kappa shape index (κ3) is 13.3. The van der Waals surface area contributed by atoms with Crippen LogP contribution in [0.3, 0.4) is 0 Å². The van der Waals surface area contributed by atoms with Crippen LogP contribution < -0.4 is 4.74 Å². The molecule has 0 aromatic heterocycles. The average Bonchev–Trinajstić information content (AvgIpc) is 3.03. The van der Waals surface area contributed by atoms with Crippen LogP contribution in [-0.4, -0.2) is 44.1 Å². The first-order chi connectivity index (χ1) is 25.3. The number of aryl methyl sites for hydroxylation is 2. The number of hydrogen-bond donors (Lipinski definition) is 3. The summed E-state index contributed by atoms with van der Waals surface area (Å²) in [6, 6.07) is 8.95. The van der Waals surface area contributed by atoms with Crippen molar-refractivity contribution in [3.05, 3.63) is 59.2 Å². The lowest BCUT2D eigenvalue weighted by atomic mass is 9.64. The molecule has 8 nitrogen and oxygen atoms in total. The van der Waals surface area contributed by atoms with E-state index >= 15 is 0 Å². The van der Waals surface area contributed by atoms with Crippen molar-refractivity contribution >= 4 is 11.9 Å². The summed E-state index contributed by atoms with van der Waals surface area (Å²) in [5, 5.41) is 29.1. The Labute approximate surface area is 325 Å². The van der Waals surface area contributed by atoms with Gasteiger partial charge in [0.05, 0.1) is 0 Å². The van der Waals surface area contributed by atoms with Crippen molar-refractivity contribution in [2.45, 2.75) is 175 Å². The number of aromatic hydroxyl groups is 3. The first kappa shape index (κ1) is 44.7. The smallest absolute Gasteiger partial charge is 0.303 e. The van der Waals surface area contributed by atoms with Gasteiger partial charge < -0.3 is 29.5 Å². The molecular formula is C46H70O8. The Balaban J connectivity index is 0.000000227. The van der Waals surface area contributed by atoms with E-state index in [9.17, 15) is 24.9 Å². The molecule has 3 N–H and O–H groups in total. The van der Waals surface area contributed by atoms with E-state index in [-0.39, 0.29) is 35.0 Å². The van der Waals surface area contributed by atoms with Crippen molar-refractivity contribution in [2.24, 2.45) is 17.8 Å². The fraction of sp³-hybridized carbons (Fsp3) is 0.652. The normalized spacial score (nSPS) is 23.9. The summed E-state index contributed by atoms with van der Waals surface area (Å²) >= 11 is 0. The van der Waals surface area contributed by atoms with E-state index in [4.69, 9.17) is 14.2 Å². The number of carbonyl (C=O) groups excluding carboxylic acids is 2. The van der Waals surface area contributed by atoms with E-state index < -0.39 is 11.2 Å². The van der Waals surface area contributed by atoms with Gasteiger partial charge in [-0.3, -0.25) is 9.59 Å². The first-order valence-electron chi connectivity index (χ1n) is 20.4. The summed E-state index contributed by atoms with van der Waals surface area (Å²) in [6.07, 6.45) is 18.2. The SMILES string of the molecule is CC(=O)OC(C)(C)[C@H]1C=C[C@](C)(OC(C)=O)CC1.CC1CC[C@@H]2[C@@H](C1)c1c(O)cc(CCCC[13CH3])cc1OC2(C)C.[13CH3]CCCCc1cc(O)cc(O)c1. The minimum atomic E-state index is -0.533. The average molecular weight is 753 g/mol. The van der Waals surface area contributed by atoms with E-state index in [0.29, 0.717) is 17.6 Å². The van der Waals surface area contributed by atoms with Crippen LogP contribution in [0.1, 0.15) is 162 Å². The van der Waals surface area contributed by atoms with Crippen molar-refractivity contribution in [2.75, 3.05) is 0 Å². The Hall–Kier alpha value is -3.68. The zero-order valence-electron chi connectivity index (χ0n) is 34.9. The molecule has 0 bridgehead atoms. The zero-order chi connectivity index (χ0) is 40.3. The van der Waals surface area contributed by atoms with Crippen LogP contribution >= 0.6 is 0 Å². The van der Waals surface area contributed by atoms with E-state index in [1.165, 1.54) is 76.8 Å². The number of fused-ring (bicyclic) bond motifs is 3. The van der Waals surface area contributed by atoms with Crippen LogP contribution in [0.5, 0.6) is 23.0 Å². The molecule has 2 aromatic rings. The minimum Gasteiger partial charge on any atom is -0.508 e. The second kappa shape index (κ2) is 19.8. The number of phenolic OH excluding ortho intramolecular Hbond substituents is 3. The maximum Gasteiger partial charge on any atom is 0.303 e. The summed E-state index contributed by atoms with van der Waals surface area (Å²) < 4.78 is 17.0. The van der Waals surface area contributed by atoms with Crippen molar-refractivity contribution < 1.29 is 39.1 Å². The highest BCUT2D eigenvalue weighted by atomic mass is 16.6. The number of unbranched alkanes of at least 4 members (excludes halogenated alkanes) is 4. The molecule has 54 heavy (non-hydrogen) atoms. The van der Waals surface area contributed by atoms with Gasteiger partial charge in [0.1, 0.15) is 39.8 Å². The van der Waals surface area contributed by atoms with E-state index in [2.05, 4.69) is 40.7 Å². The highest BCUT2D eigenvalue weighted by Crippen LogP contribution is 2.55. The highest BCUT2D eigenvalue weighted by Gasteiger charge is 2.47. The van der Waals surface area contributed by atoms with Gasteiger partial charge in [0, 0.05) is 37.3 Å². The molecule has 0 spiro atoms. The van der Waals surface area contributed by atoms with Crippen LogP contribution in [0.4, 0.5) is 0 Å². The predicted octanol–water partition coefficient (Wildman–Crippen LogP) is 11.3. The Bertz CT molecular complexity index is 1540. The number of benzene rings is 2. The van der Waals surface area contributed by atoms with Crippen molar-refractivity contribution in [3.63, 3.8) is 0 Å². The molecule has 8 heteroatoms. The molecule has 302 valence electrons. The van der Waals surface area contributed by atoms with Gasteiger partial charge in [0.25, 0.3) is 0 Å². The lowest BCUT2D eigenvalue weighted by Crippen LogP contribution is -2.46. The Morgan fingerprint density at radius 1 is 0.833 bits per heavy atom. The molecular weight excluding hydrogens is 682 g/mol. The van der Waals surface area contributed by atoms with Gasteiger partial charge in [-0.15, -0.1) is 0 Å². The third-order valence-electron chi connectivity index (χ3n) is 11.3. The zero-order valence-corrected chi connectivity index (χ0v) is 34.9. The fourth-order valence-corrected chi connectivity index (χ4v) is 8.50. The Morgan fingerprint density at radius 2 is 1.43 bits per heavy atom. The molecule has 5 atom stereocenters. The molecule has 5 rings (SSSR count). The largest absolute Gasteiger partial charge is 0.508 e. The standard InChI is InChI=1S/C21H32O2.C14H22O4.C11H16O2/c1-5-6-7-8-15-12-18(22)20-16-11-14(2)9-10-17(16)21(3,4)23-19(20)13-15;1-10(15)17-13(3,4)12-6-8-14(5,9-7-12)18-11(2)16;1-2-3-4-5-9-6-10(12)8-11(13)7-9/h12-14,16-17,22H,5-11H2,1-4H3;6,8,12H,7,9H2,1-5H3;6-8,12-13H,2-5H2,1H3/t14?,16-,17-;12-,14-;/m10./s1/i1+1;;1+1. The summed E-state index contributed by atoms with van der Waals surface area (Å²) in [4.78, 5) is 22.1. The van der Waals surface area contributed by atoms with Gasteiger partial charge >= 0.3 is 11.9 Å². The maximum absolute atomic E-state index is 11.1. The predicted molar refractivity (Wildman–Crippen MR) is 216 cm³/mol. The summed E-state index contributed by atoms with van der Waals surface area (Å²) in [5.74, 6) is 2.99. The summed E-state index contributed by atoms with van der Waals surface area (Å²) in [6.45, 7) is 19.7. The molecule has 2 aromatic carbocycles. The minimum absolute atomic E-state index is 0.133. The number of ether oxygens (including phenoxy) is 3. The molecule has 0 amide bonds. The molecule has 1 fully saturated rings. The van der Waals surface area contributed by atoms with Crippen LogP contribution in [0.25, 0.3) is 0 Å². The quantitative estimate of drug-likeness (QED) is 0.0897. The van der Waals surface area contributed by atoms with E-state index in [1.807, 2.05) is 39.0 Å². The number of phenols is 3. The first-order valence-corrected chi connectivity index (χ1v) is 20.4. The number of esters is 2. The van der Waals surface area contributed by atoms with Crippen molar-refractivity contribution in [3.8, 4) is 23.0 Å². The summed E-state index contributed by atoms with van der Waals surface area (Å²) in [5.41, 5.74) is 2.11. The van der Waals surface area contributed by atoms with Gasteiger partial charge in [-0.1, -0.05) is 59.0 Å². The molecule has 3 aliphatic rings. The fourth-order valence-electron chi connectivity index (χ4n) is 8.50. The molecule has 1 heterocycles. The molecule has 1 saturated carbocycles. The van der Waals surface area contributed by atoms with Gasteiger partial charge in [-0.2, -0.15) is 0 Å². The molecule has 1 unspecified atom stereocenters. The molecule has 0 radical (unpaired) electrons. The Kier molecular flexibility index (Phi) is 16.4. The monoisotopic (exact) mass is 753 g/mol. The molecule has 0 saturated heterocycles. The van der Waals surface area contributed by atoms with Crippen molar-refractivity contribution in [1.29, 1.82) is 0 Å². The van der Waals surface area contributed by atoms with Crippen molar-refractivity contribution in [1.82, 2.24) is 0 Å². The molecule has 2 aliphatic carbocycles. The lowest BCUT2D eigenvalue weighted by molar-refractivity contribution is -0.158. The number of rotatable bonds is 11. The van der Waals surface area contributed by atoms with Gasteiger partial charge in [-0.05, 0) is 139 Å². The lowest BCUT2D eigenvalue weighted by Gasteiger charge is -2.48. The highest BCUT2D eigenvalue weighted by molar-refractivity contribution is 5.67. The number of carbonyl (C=O) groups is 2. The number of hydrogen-bond acceptors (Lipinski definition) is 8. The van der Waals surface area contributed by atoms with Crippen LogP contribution in [0, 0.1) is 17.8 Å². The summed E-state index contributed by atoms with van der Waals surface area (Å²) in [7, 11) is 0.